The summed E-state index contributed by atoms with van der Waals surface area (Å²) in [6, 6.07) is 29.7. The van der Waals surface area contributed by atoms with Crippen LogP contribution in [0.4, 0.5) is 17.6 Å². The Morgan fingerprint density at radius 1 is 0.451 bits per heavy atom. The Labute approximate surface area is 869 Å². The lowest BCUT2D eigenvalue weighted by Gasteiger charge is -2.42. The number of aromatic nitrogens is 2. The van der Waals surface area contributed by atoms with Crippen LogP contribution < -0.4 is 26.6 Å². The molecule has 0 saturated carbocycles. The average Bonchev–Trinajstić information content (AvgIpc) is 1.57. The molecule has 6 N–H and O–H groups in total. The minimum atomic E-state index is -4.52. The van der Waals surface area contributed by atoms with Crippen LogP contribution in [0.2, 0.25) is 0 Å². The van der Waals surface area contributed by atoms with Gasteiger partial charge in [0.25, 0.3) is 0 Å². The second-order valence-corrected chi connectivity index (χ2v) is 55.2. The van der Waals surface area contributed by atoms with E-state index in [0.29, 0.717) is 176 Å². The van der Waals surface area contributed by atoms with Crippen LogP contribution in [0.5, 0.6) is 0 Å². The number of imidazole rings is 1. The molecule has 1 atom stereocenters. The SMILES string of the molecule is CC(=O)c1ccc(S(=O)(=O)N2C(Cc3cnc[nH]3)COC23CCNCC3)cc1.CC(=O)c1ccc(S(=O)(=O)N2CCC3(CC2)NCCS3)cc1.CC(=O)c1ccc(S(=O)(=O)N2CCC3(CC2)OCCN3S(=O)(=O)C(C)C)cc1.Cc1cc(Br)ccc1S(=O)(=O)N1CCC2(CC1)NCCO2.O=S(=O)(c1ccc(Br)cc1F)N1CCC2(CC1)NCCO2.O=S(=O)(c1ccc(C(F)(F)F)cc1Br)N1CCC2(CC1)NCCO2. The van der Waals surface area contributed by atoms with Crippen molar-refractivity contribution in [3.8, 4) is 0 Å². The van der Waals surface area contributed by atoms with Gasteiger partial charge in [0.2, 0.25) is 70.2 Å². The van der Waals surface area contributed by atoms with Crippen molar-refractivity contribution in [1.82, 2.24) is 66.7 Å². The Morgan fingerprint density at radius 3 is 1.25 bits per heavy atom. The first-order valence-corrected chi connectivity index (χ1v) is 60.9. The van der Waals surface area contributed by atoms with Gasteiger partial charge in [-0.3, -0.25) is 30.3 Å². The number of hydrogen-bond donors (Lipinski definition) is 6. The molecule has 1 unspecified atom stereocenters. The molecule has 13 heterocycles. The summed E-state index contributed by atoms with van der Waals surface area (Å²) in [6.07, 6.45) is 6.25. The first-order chi connectivity index (χ1) is 67.9. The van der Waals surface area contributed by atoms with E-state index in [0.717, 1.165) is 78.7 Å². The second-order valence-electron chi connectivity index (χ2n) is 37.2. The quantitative estimate of drug-likeness (QED) is 0.0323. The van der Waals surface area contributed by atoms with E-state index < -0.39 is 116 Å². The maximum Gasteiger partial charge on any atom is 0.416 e. The fourth-order valence-corrected chi connectivity index (χ4v) is 33.6. The maximum atomic E-state index is 13.9. The summed E-state index contributed by atoms with van der Waals surface area (Å²) < 4.78 is 272. The van der Waals surface area contributed by atoms with E-state index in [9.17, 15) is 90.9 Å². The van der Waals surface area contributed by atoms with Crippen LogP contribution in [-0.2, 0) is 106 Å². The number of piperidine rings is 6. The van der Waals surface area contributed by atoms with E-state index in [-0.39, 0.29) is 102 Å². The van der Waals surface area contributed by atoms with Gasteiger partial charge in [0, 0.05) is 217 Å². The highest BCUT2D eigenvalue weighted by Crippen LogP contribution is 2.45. The van der Waals surface area contributed by atoms with Gasteiger partial charge in [-0.25, -0.2) is 68.3 Å². The van der Waals surface area contributed by atoms with Crippen LogP contribution in [0.25, 0.3) is 0 Å². The highest BCUT2D eigenvalue weighted by Gasteiger charge is 2.56. The lowest BCUT2D eigenvalue weighted by atomic mass is 10.0. The molecule has 51 heteroatoms. The maximum absolute atomic E-state index is 13.9. The van der Waals surface area contributed by atoms with Gasteiger partial charge in [0.15, 0.2) is 17.3 Å². The molecule has 12 fully saturated rings. The molecule has 7 aromatic rings. The molecule has 12 saturated heterocycles. The molecule has 1 aromatic heterocycles. The third kappa shape index (κ3) is 25.6. The Balaban J connectivity index is 0.000000137. The predicted octanol–water partition coefficient (Wildman–Crippen LogP) is 10.6. The minimum absolute atomic E-state index is 0.0619. The number of benzene rings is 6. The van der Waals surface area contributed by atoms with Gasteiger partial charge in [-0.1, -0.05) is 68.3 Å². The molecular weight excluding hydrogens is 2240 g/mol. The smallest absolute Gasteiger partial charge is 0.359 e. The topological polar surface area (TPSA) is 448 Å². The van der Waals surface area contributed by atoms with Gasteiger partial charge in [0.1, 0.15) is 39.3 Å². The molecule has 12 aliphatic rings. The van der Waals surface area contributed by atoms with E-state index in [1.165, 1.54) is 105 Å². The fourth-order valence-electron chi connectivity index (χ4n) is 19.6. The third-order valence-corrected chi connectivity index (χ3v) is 45.3. The second kappa shape index (κ2) is 46.3. The normalized spacial score (nSPS) is 22.2. The lowest BCUT2D eigenvalue weighted by molar-refractivity contribution is -0.137. The molecule has 0 aliphatic carbocycles. The molecule has 0 radical (unpaired) electrons. The lowest BCUT2D eigenvalue weighted by Crippen LogP contribution is -2.56. The van der Waals surface area contributed by atoms with Gasteiger partial charge in [-0.2, -0.15) is 43.3 Å². The number of rotatable bonds is 19. The molecule has 6 aromatic carbocycles. The van der Waals surface area contributed by atoms with Crippen molar-refractivity contribution in [2.24, 2.45) is 0 Å². The zero-order chi connectivity index (χ0) is 104. The number of halogens is 7. The Bertz CT molecular complexity index is 6450. The number of ether oxygens (including phenoxy) is 5. The van der Waals surface area contributed by atoms with Gasteiger partial charge in [-0.15, -0.1) is 11.8 Å². The number of ketones is 3. The number of carbonyl (C=O) groups excluding carboxylic acids is 3. The summed E-state index contributed by atoms with van der Waals surface area (Å²) in [5, 5.41) is 16.1. The standard InChI is InChI=1S/C19H24N4O4S.C18H26N2O6S2.C15H20N2O3S2.C14H16BrF3N2O3S.C14H19BrN2O3S.C13H16BrFN2O3S/c1-14(24)15-2-4-18(5-3-15)28(25,26)23-17(10-16-11-21-13-22-16)12-27-19(23)6-8-20-9-7-19;1-14(2)27(22,23)20-12-13-26-18(20)8-10-19(11-9-18)28(24,25)17-6-4-16(5-7-17)15(3)21;1-12(18)13-2-4-14(5-3-13)22(19,20)17-9-6-15(7-10-17)16-8-11-21-15;15-11-9-10(14(16,17)18)1-2-12(11)24(21,22)20-6-3-13(4-7-20)19-5-8-23-13;1-11-10-12(15)2-3-13(11)21(18,19)17-7-4-14(5-8-17)16-6-9-20-14;14-10-1-2-12(11(15)9-10)21(18,19)17-6-3-13(4-7-17)16-5-8-20-13/h2-5,11,13,17,20H,6-10,12H2,1H3,(H,21,22);4-7,14H,8-13H2,1-3H3;2-5,16H,6-11H2,1H3;1-2,9,19H,3-8H2;2-3,10,16H,4-9H2,1H3;1-2,9,16H,3-8H2. The summed E-state index contributed by atoms with van der Waals surface area (Å²) in [5.74, 6) is 0.0707. The number of carbonyl (C=O) groups is 3. The molecule has 792 valence electrons. The molecule has 36 nitrogen and oxygen atoms in total. The van der Waals surface area contributed by atoms with Gasteiger partial charge < -0.3 is 39.3 Å². The summed E-state index contributed by atoms with van der Waals surface area (Å²) in [6.45, 7) is 20.6. The molecule has 6 spiro atoms. The van der Waals surface area contributed by atoms with Crippen molar-refractivity contribution in [3.05, 3.63) is 193 Å². The molecular formula is C93H121Br3F4N14O22S8. The summed E-state index contributed by atoms with van der Waals surface area (Å²) in [7, 11) is -25.6. The zero-order valence-corrected chi connectivity index (χ0v) is 91.7. The molecule has 0 amide bonds. The molecule has 12 aliphatic heterocycles. The number of alkyl halides is 3. The van der Waals surface area contributed by atoms with Crippen LogP contribution in [-0.4, -0.2) is 311 Å². The third-order valence-electron chi connectivity index (χ3n) is 27.8. The number of H-pyrrole nitrogens is 1. The highest BCUT2D eigenvalue weighted by atomic mass is 79.9. The van der Waals surface area contributed by atoms with Crippen LogP contribution in [0.3, 0.4) is 0 Å². The average molecular weight is 2360 g/mol. The number of aromatic amines is 1. The minimum Gasteiger partial charge on any atom is -0.359 e. The largest absolute Gasteiger partial charge is 0.416 e. The number of aryl methyl sites for hydroxylation is 1. The van der Waals surface area contributed by atoms with E-state index in [1.54, 1.807) is 75.7 Å². The van der Waals surface area contributed by atoms with E-state index in [2.05, 4.69) is 84.3 Å². The number of nitrogens with one attached hydrogen (secondary N) is 6. The summed E-state index contributed by atoms with van der Waals surface area (Å²) in [5.41, 5.74) is -0.771. The number of nitrogens with zero attached hydrogens (tertiary/aromatic N) is 8. The van der Waals surface area contributed by atoms with Crippen LogP contribution in [0, 0.1) is 12.7 Å². The molecule has 19 rings (SSSR count). The number of sulfonamides is 7. The van der Waals surface area contributed by atoms with E-state index in [4.69, 9.17) is 23.7 Å². The van der Waals surface area contributed by atoms with Crippen LogP contribution in [0.1, 0.15) is 160 Å². The van der Waals surface area contributed by atoms with Crippen molar-refractivity contribution in [2.45, 2.75) is 205 Å². The van der Waals surface area contributed by atoms with Gasteiger partial charge >= 0.3 is 6.18 Å². The first kappa shape index (κ1) is 114. The Morgan fingerprint density at radius 2 is 0.861 bits per heavy atom. The molecule has 0 bridgehead atoms. The summed E-state index contributed by atoms with van der Waals surface area (Å²) in [4.78, 5) is 41.9. The monoisotopic (exact) mass is 2350 g/mol. The van der Waals surface area contributed by atoms with Crippen LogP contribution >= 0.6 is 59.6 Å². The van der Waals surface area contributed by atoms with Crippen molar-refractivity contribution in [1.29, 1.82) is 0 Å². The van der Waals surface area contributed by atoms with Gasteiger partial charge in [0.05, 0.1) is 85.6 Å². The fraction of sp³-hybridized carbons (Fsp3) is 0.548. The molecule has 144 heavy (non-hydrogen) atoms. The number of thioether (sulfide) groups is 1. The number of Topliss-reactive ketones (excluding diaryl/α,β-unsaturated/α-hetero) is 3. The predicted molar refractivity (Wildman–Crippen MR) is 540 cm³/mol. The Kier molecular flexibility index (Phi) is 36.5. The zero-order valence-electron chi connectivity index (χ0n) is 80.4. The van der Waals surface area contributed by atoms with Crippen molar-refractivity contribution in [2.75, 3.05) is 150 Å². The van der Waals surface area contributed by atoms with Crippen LogP contribution in [0.15, 0.2) is 183 Å². The Hall–Kier alpha value is -5.98. The van der Waals surface area contributed by atoms with E-state index >= 15 is 0 Å². The van der Waals surface area contributed by atoms with Crippen molar-refractivity contribution < 1.29 is 115 Å². The summed E-state index contributed by atoms with van der Waals surface area (Å²) >= 11 is 11.4. The highest BCUT2D eigenvalue weighted by molar-refractivity contribution is 9.11. The van der Waals surface area contributed by atoms with Gasteiger partial charge in [-0.05, 0) is 180 Å². The van der Waals surface area contributed by atoms with Crippen molar-refractivity contribution >= 4 is 147 Å². The first-order valence-electron chi connectivity index (χ1n) is 47.4. The van der Waals surface area contributed by atoms with E-state index in [1.807, 2.05) is 24.8 Å². The number of hydrogen-bond acceptors (Lipinski definition) is 29. The van der Waals surface area contributed by atoms with Crippen molar-refractivity contribution in [3.63, 3.8) is 0 Å².